The quantitative estimate of drug-likeness (QED) is 0.343. The number of carbonyl (C=O) groups is 1. The molecular weight excluding hydrogens is 454 g/mol. The van der Waals surface area contributed by atoms with E-state index < -0.39 is 0 Å². The molecule has 4 rings (SSSR count). The molecule has 36 heavy (non-hydrogen) atoms. The molecule has 0 spiro atoms. The zero-order valence-electron chi connectivity index (χ0n) is 21.8. The van der Waals surface area contributed by atoms with Crippen LogP contribution in [0.2, 0.25) is 0 Å². The lowest BCUT2D eigenvalue weighted by molar-refractivity contribution is 0.0955. The maximum atomic E-state index is 13.5. The van der Waals surface area contributed by atoms with Crippen LogP contribution in [-0.4, -0.2) is 34.8 Å². The number of aromatic nitrogens is 2. The van der Waals surface area contributed by atoms with Gasteiger partial charge in [-0.05, 0) is 49.9 Å². The number of rotatable bonds is 10. The summed E-state index contributed by atoms with van der Waals surface area (Å²) in [4.78, 5) is 26.9. The predicted octanol–water partition coefficient (Wildman–Crippen LogP) is 4.92. The Labute approximate surface area is 211 Å². The van der Waals surface area contributed by atoms with Crippen LogP contribution in [0.1, 0.15) is 43.6 Å². The van der Waals surface area contributed by atoms with Crippen LogP contribution in [-0.2, 0) is 20.0 Å². The molecule has 1 N–H and O–H groups in total. The number of benzene rings is 2. The Morgan fingerprint density at radius 3 is 2.47 bits per heavy atom. The molecule has 0 aliphatic rings. The van der Waals surface area contributed by atoms with Crippen molar-refractivity contribution in [3.05, 3.63) is 70.1 Å². The van der Waals surface area contributed by atoms with E-state index in [1.54, 1.807) is 10.8 Å². The van der Waals surface area contributed by atoms with E-state index in [0.717, 1.165) is 22.2 Å². The van der Waals surface area contributed by atoms with Gasteiger partial charge in [-0.1, -0.05) is 38.1 Å². The van der Waals surface area contributed by atoms with Crippen LogP contribution in [0, 0.1) is 5.92 Å². The first-order valence-electron chi connectivity index (χ1n) is 12.6. The van der Waals surface area contributed by atoms with Gasteiger partial charge in [0.15, 0.2) is 11.5 Å². The minimum Gasteiger partial charge on any atom is -0.490 e. The van der Waals surface area contributed by atoms with E-state index in [2.05, 4.69) is 19.2 Å². The van der Waals surface area contributed by atoms with Gasteiger partial charge < -0.3 is 23.9 Å². The van der Waals surface area contributed by atoms with Gasteiger partial charge in [-0.25, -0.2) is 0 Å². The lowest BCUT2D eigenvalue weighted by Gasteiger charge is -2.14. The Hall–Kier alpha value is -3.74. The number of pyridine rings is 1. The highest BCUT2D eigenvalue weighted by atomic mass is 16.5. The monoisotopic (exact) mass is 489 g/mol. The van der Waals surface area contributed by atoms with Crippen LogP contribution in [0.3, 0.4) is 0 Å². The van der Waals surface area contributed by atoms with Crippen molar-refractivity contribution < 1.29 is 14.3 Å². The van der Waals surface area contributed by atoms with Crippen LogP contribution in [0.5, 0.6) is 11.5 Å². The zero-order chi connectivity index (χ0) is 25.8. The molecule has 1 amide bonds. The summed E-state index contributed by atoms with van der Waals surface area (Å²) in [7, 11) is 1.88. The van der Waals surface area contributed by atoms with Crippen molar-refractivity contribution in [1.29, 1.82) is 0 Å². The van der Waals surface area contributed by atoms with Crippen molar-refractivity contribution in [3.8, 4) is 11.5 Å². The van der Waals surface area contributed by atoms with Gasteiger partial charge in [-0.3, -0.25) is 9.59 Å². The second kappa shape index (κ2) is 10.9. The maximum absolute atomic E-state index is 13.5. The van der Waals surface area contributed by atoms with Crippen molar-refractivity contribution in [2.45, 2.75) is 40.7 Å². The molecule has 0 fully saturated rings. The average Bonchev–Trinajstić information content (AvgIpc) is 3.15. The molecule has 7 nitrogen and oxygen atoms in total. The summed E-state index contributed by atoms with van der Waals surface area (Å²) in [6, 6.07) is 13.7. The van der Waals surface area contributed by atoms with E-state index in [0.29, 0.717) is 54.9 Å². The third-order valence-electron chi connectivity index (χ3n) is 6.24. The first-order chi connectivity index (χ1) is 17.3. The molecule has 7 heteroatoms. The second-order valence-corrected chi connectivity index (χ2v) is 9.35. The predicted molar refractivity (Wildman–Crippen MR) is 144 cm³/mol. The van der Waals surface area contributed by atoms with Gasteiger partial charge in [-0.2, -0.15) is 0 Å². The number of fused-ring (bicyclic) bond motifs is 3. The van der Waals surface area contributed by atoms with E-state index in [4.69, 9.17) is 9.47 Å². The summed E-state index contributed by atoms with van der Waals surface area (Å²) in [5.74, 6) is 1.51. The van der Waals surface area contributed by atoms with Gasteiger partial charge in [0, 0.05) is 42.6 Å². The Kier molecular flexibility index (Phi) is 7.67. The van der Waals surface area contributed by atoms with Gasteiger partial charge in [0.1, 0.15) is 5.52 Å². The largest absolute Gasteiger partial charge is 0.490 e. The third kappa shape index (κ3) is 4.96. The van der Waals surface area contributed by atoms with Crippen LogP contribution < -0.4 is 20.3 Å². The number of hydrogen-bond donors (Lipinski definition) is 1. The molecule has 0 aliphatic heterocycles. The van der Waals surface area contributed by atoms with Gasteiger partial charge in [0.25, 0.3) is 11.5 Å². The second-order valence-electron chi connectivity index (χ2n) is 9.35. The summed E-state index contributed by atoms with van der Waals surface area (Å²) in [6.45, 7) is 10.1. The fraction of sp³-hybridized carbons (Fsp3) is 0.379. The zero-order valence-corrected chi connectivity index (χ0v) is 21.8. The first-order valence-corrected chi connectivity index (χ1v) is 12.6. The minimum atomic E-state index is -0.190. The normalized spacial score (nSPS) is 11.4. The van der Waals surface area contributed by atoms with Gasteiger partial charge in [0.2, 0.25) is 0 Å². The summed E-state index contributed by atoms with van der Waals surface area (Å²) in [5, 5.41) is 4.68. The summed E-state index contributed by atoms with van der Waals surface area (Å²) < 4.78 is 14.9. The number of aryl methyl sites for hydroxylation is 1. The fourth-order valence-corrected chi connectivity index (χ4v) is 4.70. The number of nitrogens with one attached hydrogen (secondary N) is 1. The topological polar surface area (TPSA) is 74.5 Å². The Morgan fingerprint density at radius 1 is 1.03 bits per heavy atom. The maximum Gasteiger partial charge on any atom is 0.275 e. The number of carbonyl (C=O) groups excluding carboxylic acids is 1. The molecule has 0 radical (unpaired) electrons. The molecule has 0 aliphatic carbocycles. The highest BCUT2D eigenvalue weighted by Crippen LogP contribution is 2.30. The van der Waals surface area contributed by atoms with E-state index in [9.17, 15) is 9.59 Å². The Bertz CT molecular complexity index is 1450. The third-order valence-corrected chi connectivity index (χ3v) is 6.24. The van der Waals surface area contributed by atoms with E-state index >= 15 is 0 Å². The number of nitrogens with zero attached hydrogens (tertiary/aromatic N) is 2. The van der Waals surface area contributed by atoms with Crippen molar-refractivity contribution in [3.63, 3.8) is 0 Å². The molecule has 4 aromatic rings. The summed E-state index contributed by atoms with van der Waals surface area (Å²) in [6.07, 6.45) is 2.36. The number of amides is 1. The lowest BCUT2D eigenvalue weighted by Crippen LogP contribution is -2.30. The number of ether oxygens (including phenoxy) is 2. The SMILES string of the molecule is CCOc1ccc(CCNC(=O)c2cn(CC(C)C)c(=O)c3c2c2ccccc2n3C)cc1OCC. The Morgan fingerprint density at radius 2 is 1.75 bits per heavy atom. The van der Waals surface area contributed by atoms with Crippen LogP contribution in [0.25, 0.3) is 21.8 Å². The van der Waals surface area contributed by atoms with E-state index in [-0.39, 0.29) is 17.4 Å². The van der Waals surface area contributed by atoms with E-state index in [1.165, 1.54) is 0 Å². The summed E-state index contributed by atoms with van der Waals surface area (Å²) in [5.41, 5.74) is 2.97. The molecule has 0 saturated carbocycles. The van der Waals surface area contributed by atoms with Crippen molar-refractivity contribution in [1.82, 2.24) is 14.5 Å². The van der Waals surface area contributed by atoms with E-state index in [1.807, 2.05) is 67.9 Å². The Balaban J connectivity index is 1.65. The lowest BCUT2D eigenvalue weighted by atomic mass is 10.1. The van der Waals surface area contributed by atoms with Crippen molar-refractivity contribution >= 4 is 27.7 Å². The van der Waals surface area contributed by atoms with Crippen molar-refractivity contribution in [2.24, 2.45) is 13.0 Å². The molecule has 0 atom stereocenters. The highest BCUT2D eigenvalue weighted by molar-refractivity contribution is 6.17. The first kappa shape index (κ1) is 25.4. The van der Waals surface area contributed by atoms with Crippen LogP contribution in [0.4, 0.5) is 0 Å². The van der Waals surface area contributed by atoms with Crippen molar-refractivity contribution in [2.75, 3.05) is 19.8 Å². The fourth-order valence-electron chi connectivity index (χ4n) is 4.70. The minimum absolute atomic E-state index is 0.0770. The molecule has 2 aromatic carbocycles. The molecular formula is C29H35N3O4. The van der Waals surface area contributed by atoms with Crippen LogP contribution >= 0.6 is 0 Å². The van der Waals surface area contributed by atoms with Crippen LogP contribution in [0.15, 0.2) is 53.5 Å². The number of para-hydroxylation sites is 1. The molecule has 0 bridgehead atoms. The highest BCUT2D eigenvalue weighted by Gasteiger charge is 2.21. The molecule has 2 aromatic heterocycles. The van der Waals surface area contributed by atoms with Gasteiger partial charge >= 0.3 is 0 Å². The molecule has 0 saturated heterocycles. The summed E-state index contributed by atoms with van der Waals surface area (Å²) >= 11 is 0. The standard InChI is InChI=1S/C29H35N3O4/c1-6-35-24-13-12-20(16-25(24)36-7-2)14-15-30-28(33)22-18-32(17-19(3)4)29(34)27-26(22)21-10-8-9-11-23(21)31(27)5/h8-13,16,18-19H,6-7,14-15,17H2,1-5H3,(H,30,33). The number of hydrogen-bond acceptors (Lipinski definition) is 4. The molecule has 190 valence electrons. The van der Waals surface area contributed by atoms with Gasteiger partial charge in [-0.15, -0.1) is 0 Å². The van der Waals surface area contributed by atoms with Gasteiger partial charge in [0.05, 0.1) is 18.8 Å². The smallest absolute Gasteiger partial charge is 0.275 e. The molecule has 2 heterocycles. The molecule has 0 unspecified atom stereocenters. The average molecular weight is 490 g/mol.